The van der Waals surface area contributed by atoms with Crippen molar-refractivity contribution in [3.63, 3.8) is 0 Å². The van der Waals surface area contributed by atoms with Crippen molar-refractivity contribution in [2.24, 2.45) is 5.73 Å². The van der Waals surface area contributed by atoms with E-state index in [9.17, 15) is 20.3 Å². The van der Waals surface area contributed by atoms with Crippen molar-refractivity contribution in [3.8, 4) is 0 Å². The zero-order chi connectivity index (χ0) is 13.3. The maximum atomic E-state index is 10.7. The molecule has 1 heterocycles. The Balaban J connectivity index is 2.51. The number of H-pyrrole nitrogens is 1. The standard InChI is InChI=1S/C10H12N4O4/c11-4-8(15)10(16)9-6-3-5(14(17)18)1-2-7(6)12-13-9/h1-3,8,10,15-16H,4,11H2,(H,12,13). The second kappa shape index (κ2) is 4.69. The Labute approximate surface area is 101 Å². The third-order valence-corrected chi connectivity index (χ3v) is 2.68. The summed E-state index contributed by atoms with van der Waals surface area (Å²) in [6.07, 6.45) is -2.42. The minimum atomic E-state index is -1.26. The van der Waals surface area contributed by atoms with Gasteiger partial charge in [-0.1, -0.05) is 0 Å². The molecule has 8 heteroatoms. The highest BCUT2D eigenvalue weighted by atomic mass is 16.6. The van der Waals surface area contributed by atoms with Crippen molar-refractivity contribution >= 4 is 16.6 Å². The first-order valence-corrected chi connectivity index (χ1v) is 5.23. The number of benzene rings is 1. The number of nitro groups is 1. The topological polar surface area (TPSA) is 138 Å². The van der Waals surface area contributed by atoms with Crippen LogP contribution in [0.4, 0.5) is 5.69 Å². The molecule has 0 aliphatic heterocycles. The molecule has 0 saturated carbocycles. The molecule has 2 unspecified atom stereocenters. The van der Waals surface area contributed by atoms with Crippen LogP contribution < -0.4 is 5.73 Å². The van der Waals surface area contributed by atoms with E-state index in [0.29, 0.717) is 10.9 Å². The fourth-order valence-electron chi connectivity index (χ4n) is 1.68. The number of aliphatic hydroxyl groups excluding tert-OH is 2. The van der Waals surface area contributed by atoms with Crippen LogP contribution in [-0.4, -0.2) is 38.0 Å². The van der Waals surface area contributed by atoms with Crippen LogP contribution >= 0.6 is 0 Å². The highest BCUT2D eigenvalue weighted by Gasteiger charge is 2.22. The van der Waals surface area contributed by atoms with Crippen molar-refractivity contribution in [1.29, 1.82) is 0 Å². The van der Waals surface area contributed by atoms with Gasteiger partial charge in [-0.15, -0.1) is 0 Å². The number of nitrogens with zero attached hydrogens (tertiary/aromatic N) is 2. The van der Waals surface area contributed by atoms with E-state index in [-0.39, 0.29) is 17.9 Å². The maximum Gasteiger partial charge on any atom is 0.270 e. The molecule has 0 aliphatic carbocycles. The molecule has 96 valence electrons. The predicted molar refractivity (Wildman–Crippen MR) is 62.8 cm³/mol. The maximum absolute atomic E-state index is 10.7. The quantitative estimate of drug-likeness (QED) is 0.440. The molecule has 0 fully saturated rings. The molecular weight excluding hydrogens is 240 g/mol. The second-order valence-electron chi connectivity index (χ2n) is 3.84. The van der Waals surface area contributed by atoms with Crippen molar-refractivity contribution < 1.29 is 15.1 Å². The summed E-state index contributed by atoms with van der Waals surface area (Å²) in [6, 6.07) is 4.08. The van der Waals surface area contributed by atoms with E-state index >= 15 is 0 Å². The summed E-state index contributed by atoms with van der Waals surface area (Å²) in [5.74, 6) is 0. The summed E-state index contributed by atoms with van der Waals surface area (Å²) in [4.78, 5) is 10.1. The molecule has 5 N–H and O–H groups in total. The monoisotopic (exact) mass is 252 g/mol. The fourth-order valence-corrected chi connectivity index (χ4v) is 1.68. The molecule has 0 saturated heterocycles. The van der Waals surface area contributed by atoms with Crippen LogP contribution in [0.15, 0.2) is 18.2 Å². The van der Waals surface area contributed by atoms with Gasteiger partial charge in [-0.3, -0.25) is 15.2 Å². The van der Waals surface area contributed by atoms with Gasteiger partial charge in [-0.25, -0.2) is 0 Å². The van der Waals surface area contributed by atoms with Gasteiger partial charge in [-0.2, -0.15) is 5.10 Å². The number of nitro benzene ring substituents is 1. The number of hydrogen-bond acceptors (Lipinski definition) is 6. The molecular formula is C10H12N4O4. The molecule has 0 aliphatic rings. The third kappa shape index (κ3) is 2.04. The Morgan fingerprint density at radius 3 is 2.83 bits per heavy atom. The summed E-state index contributed by atoms with van der Waals surface area (Å²) >= 11 is 0. The summed E-state index contributed by atoms with van der Waals surface area (Å²) in [5.41, 5.74) is 5.82. The number of aromatic amines is 1. The van der Waals surface area contributed by atoms with E-state index in [1.807, 2.05) is 0 Å². The van der Waals surface area contributed by atoms with Crippen molar-refractivity contribution in [1.82, 2.24) is 10.2 Å². The van der Waals surface area contributed by atoms with Gasteiger partial charge in [0.25, 0.3) is 5.69 Å². The summed E-state index contributed by atoms with van der Waals surface area (Å²) in [7, 11) is 0. The summed E-state index contributed by atoms with van der Waals surface area (Å²) in [6.45, 7) is -0.128. The fraction of sp³-hybridized carbons (Fsp3) is 0.300. The SMILES string of the molecule is NCC(O)C(O)c1[nH]nc2ccc([N+](=O)[O-])cc12. The molecule has 2 atom stereocenters. The van der Waals surface area contributed by atoms with Crippen LogP contribution in [0.3, 0.4) is 0 Å². The van der Waals surface area contributed by atoms with E-state index < -0.39 is 17.1 Å². The molecule has 0 amide bonds. The number of aliphatic hydroxyl groups is 2. The Morgan fingerprint density at radius 2 is 2.22 bits per heavy atom. The number of hydrogen-bond donors (Lipinski definition) is 4. The average Bonchev–Trinajstić information content (AvgIpc) is 2.79. The van der Waals surface area contributed by atoms with Gasteiger partial charge in [0.2, 0.25) is 0 Å². The molecule has 0 spiro atoms. The number of nitrogens with two attached hydrogens (primary N) is 1. The van der Waals surface area contributed by atoms with Crippen molar-refractivity contribution in [3.05, 3.63) is 34.0 Å². The first-order valence-electron chi connectivity index (χ1n) is 5.23. The molecule has 18 heavy (non-hydrogen) atoms. The van der Waals surface area contributed by atoms with E-state index in [1.165, 1.54) is 18.2 Å². The molecule has 1 aromatic heterocycles. The van der Waals surface area contributed by atoms with Gasteiger partial charge in [0, 0.05) is 24.1 Å². The second-order valence-corrected chi connectivity index (χ2v) is 3.84. The van der Waals surface area contributed by atoms with Gasteiger partial charge in [0.05, 0.1) is 22.2 Å². The number of non-ortho nitro benzene ring substituents is 1. The van der Waals surface area contributed by atoms with Gasteiger partial charge in [-0.05, 0) is 6.07 Å². The van der Waals surface area contributed by atoms with Crippen molar-refractivity contribution in [2.45, 2.75) is 12.2 Å². The largest absolute Gasteiger partial charge is 0.389 e. The Kier molecular flexibility index (Phi) is 3.24. The number of aromatic nitrogens is 2. The average molecular weight is 252 g/mol. The molecule has 1 aromatic carbocycles. The van der Waals surface area contributed by atoms with E-state index in [1.54, 1.807) is 0 Å². The Morgan fingerprint density at radius 1 is 1.50 bits per heavy atom. The first-order chi connectivity index (χ1) is 8.54. The predicted octanol–water partition coefficient (Wildman–Crippen LogP) is -0.176. The van der Waals surface area contributed by atoms with Crippen LogP contribution in [0.5, 0.6) is 0 Å². The Bertz CT molecular complexity index is 582. The van der Waals surface area contributed by atoms with Gasteiger partial charge >= 0.3 is 0 Å². The van der Waals surface area contributed by atoms with Crippen LogP contribution in [-0.2, 0) is 0 Å². The highest BCUT2D eigenvalue weighted by molar-refractivity contribution is 5.84. The third-order valence-electron chi connectivity index (χ3n) is 2.68. The lowest BCUT2D eigenvalue weighted by Crippen LogP contribution is -2.27. The Hall–Kier alpha value is -2.03. The minimum absolute atomic E-state index is 0.111. The number of rotatable bonds is 4. The lowest BCUT2D eigenvalue weighted by molar-refractivity contribution is -0.384. The normalized spacial score (nSPS) is 14.6. The van der Waals surface area contributed by atoms with Crippen LogP contribution in [0.1, 0.15) is 11.8 Å². The molecule has 0 radical (unpaired) electrons. The van der Waals surface area contributed by atoms with Crippen LogP contribution in [0.2, 0.25) is 0 Å². The molecule has 8 nitrogen and oxygen atoms in total. The van der Waals surface area contributed by atoms with Crippen LogP contribution in [0, 0.1) is 10.1 Å². The molecule has 0 bridgehead atoms. The minimum Gasteiger partial charge on any atom is -0.389 e. The van der Waals surface area contributed by atoms with E-state index in [0.717, 1.165) is 0 Å². The zero-order valence-electron chi connectivity index (χ0n) is 9.28. The lowest BCUT2D eigenvalue weighted by atomic mass is 10.1. The van der Waals surface area contributed by atoms with Gasteiger partial charge in [0.15, 0.2) is 0 Å². The highest BCUT2D eigenvalue weighted by Crippen LogP contribution is 2.27. The van der Waals surface area contributed by atoms with Gasteiger partial charge < -0.3 is 15.9 Å². The van der Waals surface area contributed by atoms with E-state index in [2.05, 4.69) is 10.2 Å². The number of nitrogens with one attached hydrogen (secondary N) is 1. The summed E-state index contributed by atoms with van der Waals surface area (Å²) in [5, 5.41) is 36.8. The van der Waals surface area contributed by atoms with Gasteiger partial charge in [0.1, 0.15) is 6.10 Å². The smallest absolute Gasteiger partial charge is 0.270 e. The van der Waals surface area contributed by atoms with Crippen LogP contribution in [0.25, 0.3) is 10.9 Å². The zero-order valence-corrected chi connectivity index (χ0v) is 9.28. The summed E-state index contributed by atoms with van der Waals surface area (Å²) < 4.78 is 0. The lowest BCUT2D eigenvalue weighted by Gasteiger charge is -2.14. The van der Waals surface area contributed by atoms with Crippen molar-refractivity contribution in [2.75, 3.05) is 6.54 Å². The number of fused-ring (bicyclic) bond motifs is 1. The molecule has 2 aromatic rings. The molecule has 2 rings (SSSR count). The van der Waals surface area contributed by atoms with E-state index in [4.69, 9.17) is 5.73 Å². The first kappa shape index (κ1) is 12.4.